The van der Waals surface area contributed by atoms with Gasteiger partial charge in [0, 0.05) is 30.8 Å². The lowest BCUT2D eigenvalue weighted by molar-refractivity contribution is 0.0951. The van der Waals surface area contributed by atoms with E-state index in [1.165, 1.54) is 0 Å². The van der Waals surface area contributed by atoms with Gasteiger partial charge in [-0.25, -0.2) is 9.98 Å². The Labute approximate surface area is 195 Å². The van der Waals surface area contributed by atoms with Crippen molar-refractivity contribution < 1.29 is 9.21 Å². The normalized spacial score (nSPS) is 11.5. The summed E-state index contributed by atoms with van der Waals surface area (Å²) in [5.74, 6) is 1.19. The molecular formula is C25H32N6O2. The second kappa shape index (κ2) is 12.4. The molecule has 1 heterocycles. The van der Waals surface area contributed by atoms with Gasteiger partial charge >= 0.3 is 0 Å². The SMILES string of the molecule is CCNC(=NCc1cccc(C(=O)NCCN(C)C)c1)NCc1coc(-c2ccccc2)n1. The molecule has 0 bridgehead atoms. The van der Waals surface area contributed by atoms with E-state index < -0.39 is 0 Å². The van der Waals surface area contributed by atoms with Crippen molar-refractivity contribution in [1.29, 1.82) is 0 Å². The Morgan fingerprint density at radius 2 is 1.88 bits per heavy atom. The van der Waals surface area contributed by atoms with Gasteiger partial charge in [-0.1, -0.05) is 30.3 Å². The number of hydrogen-bond donors (Lipinski definition) is 3. The first-order chi connectivity index (χ1) is 16.0. The highest BCUT2D eigenvalue weighted by molar-refractivity contribution is 5.94. The summed E-state index contributed by atoms with van der Waals surface area (Å²) in [6.07, 6.45) is 1.65. The molecule has 0 aliphatic rings. The number of aromatic nitrogens is 1. The van der Waals surface area contributed by atoms with E-state index in [4.69, 9.17) is 4.42 Å². The minimum Gasteiger partial charge on any atom is -0.444 e. The predicted molar refractivity (Wildman–Crippen MR) is 131 cm³/mol. The number of guanidine groups is 1. The standard InChI is InChI=1S/C25H32N6O2/c1-4-26-25(29-17-22-18-33-24(30-22)20-10-6-5-7-11-20)28-16-19-9-8-12-21(15-19)23(32)27-13-14-31(2)3/h5-12,15,18H,4,13-14,16-17H2,1-3H3,(H,27,32)(H2,26,28,29). The molecule has 0 saturated heterocycles. The molecule has 0 spiro atoms. The van der Waals surface area contributed by atoms with E-state index in [1.54, 1.807) is 6.26 Å². The molecule has 0 radical (unpaired) electrons. The zero-order chi connectivity index (χ0) is 23.5. The van der Waals surface area contributed by atoms with Gasteiger partial charge in [-0.05, 0) is 50.8 Å². The number of oxazole rings is 1. The van der Waals surface area contributed by atoms with Gasteiger partial charge in [0.1, 0.15) is 6.26 Å². The third-order valence-corrected chi connectivity index (χ3v) is 4.81. The molecule has 0 fully saturated rings. The highest BCUT2D eigenvalue weighted by atomic mass is 16.3. The van der Waals surface area contributed by atoms with Crippen LogP contribution in [0.25, 0.3) is 11.5 Å². The average Bonchev–Trinajstić information content (AvgIpc) is 3.30. The minimum atomic E-state index is -0.0760. The van der Waals surface area contributed by atoms with Crippen LogP contribution in [0.5, 0.6) is 0 Å². The van der Waals surface area contributed by atoms with Crippen LogP contribution in [0.3, 0.4) is 0 Å². The summed E-state index contributed by atoms with van der Waals surface area (Å²) in [5.41, 5.74) is 3.32. The Kier molecular flexibility index (Phi) is 9.02. The molecule has 0 saturated carbocycles. The molecule has 33 heavy (non-hydrogen) atoms. The monoisotopic (exact) mass is 448 g/mol. The van der Waals surface area contributed by atoms with E-state index in [0.717, 1.165) is 29.9 Å². The second-order valence-electron chi connectivity index (χ2n) is 7.82. The lowest BCUT2D eigenvalue weighted by Gasteiger charge is -2.11. The summed E-state index contributed by atoms with van der Waals surface area (Å²) >= 11 is 0. The Bertz CT molecular complexity index is 1050. The van der Waals surface area contributed by atoms with E-state index in [1.807, 2.05) is 80.5 Å². The Balaban J connectivity index is 1.58. The molecule has 0 aliphatic carbocycles. The molecule has 1 aromatic heterocycles. The van der Waals surface area contributed by atoms with Crippen molar-refractivity contribution in [2.24, 2.45) is 4.99 Å². The topological polar surface area (TPSA) is 94.8 Å². The molecule has 0 aliphatic heterocycles. The number of likely N-dealkylation sites (N-methyl/N-ethyl adjacent to an activating group) is 1. The maximum atomic E-state index is 12.4. The molecule has 2 aromatic carbocycles. The van der Waals surface area contributed by atoms with Crippen LogP contribution in [-0.2, 0) is 13.1 Å². The first-order valence-corrected chi connectivity index (χ1v) is 11.1. The summed E-state index contributed by atoms with van der Waals surface area (Å²) in [5, 5.41) is 9.45. The van der Waals surface area contributed by atoms with Crippen LogP contribution < -0.4 is 16.0 Å². The fourth-order valence-electron chi connectivity index (χ4n) is 3.09. The fraction of sp³-hybridized carbons (Fsp3) is 0.320. The number of rotatable bonds is 10. The predicted octanol–water partition coefficient (Wildman–Crippen LogP) is 2.89. The van der Waals surface area contributed by atoms with Crippen molar-refractivity contribution >= 4 is 11.9 Å². The second-order valence-corrected chi connectivity index (χ2v) is 7.82. The maximum absolute atomic E-state index is 12.4. The van der Waals surface area contributed by atoms with Crippen molar-refractivity contribution in [2.75, 3.05) is 33.7 Å². The summed E-state index contributed by atoms with van der Waals surface area (Å²) in [6.45, 7) is 5.08. The number of benzene rings is 2. The van der Waals surface area contributed by atoms with E-state index in [0.29, 0.717) is 37.0 Å². The molecule has 8 nitrogen and oxygen atoms in total. The van der Waals surface area contributed by atoms with E-state index in [9.17, 15) is 4.79 Å². The molecule has 1 amide bonds. The van der Waals surface area contributed by atoms with Crippen LogP contribution in [0, 0.1) is 0 Å². The van der Waals surface area contributed by atoms with Gasteiger partial charge in [0.15, 0.2) is 5.96 Å². The van der Waals surface area contributed by atoms with Crippen molar-refractivity contribution in [3.8, 4) is 11.5 Å². The molecule has 3 aromatic rings. The third-order valence-electron chi connectivity index (χ3n) is 4.81. The molecule has 3 rings (SSSR count). The van der Waals surface area contributed by atoms with E-state index >= 15 is 0 Å². The van der Waals surface area contributed by atoms with Crippen LogP contribution in [0.1, 0.15) is 28.5 Å². The van der Waals surface area contributed by atoms with Crippen molar-refractivity contribution in [3.05, 3.63) is 77.7 Å². The quantitative estimate of drug-likeness (QED) is 0.326. The highest BCUT2D eigenvalue weighted by Crippen LogP contribution is 2.17. The molecule has 0 unspecified atom stereocenters. The number of hydrogen-bond acceptors (Lipinski definition) is 5. The van der Waals surface area contributed by atoms with Gasteiger partial charge in [-0.2, -0.15) is 0 Å². The van der Waals surface area contributed by atoms with Gasteiger partial charge in [-0.15, -0.1) is 0 Å². The van der Waals surface area contributed by atoms with Crippen molar-refractivity contribution in [1.82, 2.24) is 25.8 Å². The lowest BCUT2D eigenvalue weighted by atomic mass is 10.1. The summed E-state index contributed by atoms with van der Waals surface area (Å²) in [4.78, 5) is 23.6. The molecular weight excluding hydrogens is 416 g/mol. The first kappa shape index (κ1) is 24.0. The largest absolute Gasteiger partial charge is 0.444 e. The molecule has 174 valence electrons. The zero-order valence-corrected chi connectivity index (χ0v) is 19.5. The molecule has 8 heteroatoms. The van der Waals surface area contributed by atoms with Gasteiger partial charge in [0.05, 0.1) is 18.8 Å². The van der Waals surface area contributed by atoms with Crippen LogP contribution >= 0.6 is 0 Å². The van der Waals surface area contributed by atoms with Gasteiger partial charge < -0.3 is 25.3 Å². The highest BCUT2D eigenvalue weighted by Gasteiger charge is 2.08. The van der Waals surface area contributed by atoms with Gasteiger partial charge in [-0.3, -0.25) is 4.79 Å². The Morgan fingerprint density at radius 3 is 2.64 bits per heavy atom. The van der Waals surface area contributed by atoms with E-state index in [2.05, 4.69) is 25.9 Å². The maximum Gasteiger partial charge on any atom is 0.251 e. The Morgan fingerprint density at radius 1 is 1.06 bits per heavy atom. The summed E-state index contributed by atoms with van der Waals surface area (Å²) in [7, 11) is 3.96. The Hall–Kier alpha value is -3.65. The van der Waals surface area contributed by atoms with Gasteiger partial charge in [0.25, 0.3) is 5.91 Å². The van der Waals surface area contributed by atoms with Crippen molar-refractivity contribution in [3.63, 3.8) is 0 Å². The van der Waals surface area contributed by atoms with Gasteiger partial charge in [0.2, 0.25) is 5.89 Å². The number of aliphatic imine (C=N–C) groups is 1. The fourth-order valence-corrected chi connectivity index (χ4v) is 3.09. The summed E-state index contributed by atoms with van der Waals surface area (Å²) in [6, 6.07) is 17.3. The molecule has 0 atom stereocenters. The molecule has 3 N–H and O–H groups in total. The van der Waals surface area contributed by atoms with Crippen LogP contribution in [0.2, 0.25) is 0 Å². The number of carbonyl (C=O) groups excluding carboxylic acids is 1. The lowest BCUT2D eigenvalue weighted by Crippen LogP contribution is -2.36. The van der Waals surface area contributed by atoms with E-state index in [-0.39, 0.29) is 5.91 Å². The summed E-state index contributed by atoms with van der Waals surface area (Å²) < 4.78 is 5.60. The van der Waals surface area contributed by atoms with Crippen molar-refractivity contribution in [2.45, 2.75) is 20.0 Å². The smallest absolute Gasteiger partial charge is 0.251 e. The first-order valence-electron chi connectivity index (χ1n) is 11.1. The van der Waals surface area contributed by atoms with Crippen LogP contribution in [0.4, 0.5) is 0 Å². The number of nitrogens with one attached hydrogen (secondary N) is 3. The van der Waals surface area contributed by atoms with Crippen LogP contribution in [-0.4, -0.2) is 55.5 Å². The van der Waals surface area contributed by atoms with Crippen LogP contribution in [0.15, 0.2) is 70.3 Å². The average molecular weight is 449 g/mol. The minimum absolute atomic E-state index is 0.0760. The zero-order valence-electron chi connectivity index (χ0n) is 19.5. The number of nitrogens with zero attached hydrogens (tertiary/aromatic N) is 3. The number of carbonyl (C=O) groups is 1. The third kappa shape index (κ3) is 7.76. The number of amides is 1.